The summed E-state index contributed by atoms with van der Waals surface area (Å²) < 4.78 is 19.3. The highest BCUT2D eigenvalue weighted by atomic mass is 35.5. The molecule has 2 atom stereocenters. The number of rotatable bonds is 4. The minimum absolute atomic E-state index is 0.216. The van der Waals surface area contributed by atoms with E-state index < -0.39 is 18.0 Å². The summed E-state index contributed by atoms with van der Waals surface area (Å²) >= 11 is 5.70. The Morgan fingerprint density at radius 3 is 2.44 bits per heavy atom. The van der Waals surface area contributed by atoms with Crippen molar-refractivity contribution < 1.29 is 14.2 Å². The lowest BCUT2D eigenvalue weighted by atomic mass is 9.83. The van der Waals surface area contributed by atoms with Gasteiger partial charge < -0.3 is 9.84 Å². The van der Waals surface area contributed by atoms with Crippen LogP contribution in [0.3, 0.4) is 0 Å². The van der Waals surface area contributed by atoms with Gasteiger partial charge in [0.05, 0.1) is 6.10 Å². The van der Waals surface area contributed by atoms with Crippen molar-refractivity contribution in [2.45, 2.75) is 39.9 Å². The fraction of sp³-hybridized carbons (Fsp3) is 0.571. The van der Waals surface area contributed by atoms with E-state index in [-0.39, 0.29) is 11.0 Å². The van der Waals surface area contributed by atoms with Gasteiger partial charge in [0, 0.05) is 17.2 Å². The molecule has 0 aliphatic carbocycles. The number of aliphatic hydroxyl groups excluding tert-OH is 1. The first-order valence-corrected chi connectivity index (χ1v) is 6.39. The molecule has 0 saturated carbocycles. The number of aliphatic hydroxyl groups is 1. The number of ether oxygens (including phenoxy) is 1. The van der Waals surface area contributed by atoms with Crippen LogP contribution >= 0.6 is 11.6 Å². The van der Waals surface area contributed by atoms with Gasteiger partial charge in [-0.2, -0.15) is 0 Å². The molecule has 1 aromatic carbocycles. The fourth-order valence-corrected chi connectivity index (χ4v) is 2.06. The molecule has 1 aromatic rings. The van der Waals surface area contributed by atoms with Gasteiger partial charge in [0.15, 0.2) is 0 Å². The van der Waals surface area contributed by atoms with E-state index in [2.05, 4.69) is 0 Å². The second kappa shape index (κ2) is 6.00. The molecule has 0 saturated heterocycles. The molecular formula is C14H20ClFO2. The van der Waals surface area contributed by atoms with Crippen molar-refractivity contribution in [3.05, 3.63) is 34.6 Å². The molecule has 4 heteroatoms. The van der Waals surface area contributed by atoms with Crippen molar-refractivity contribution >= 4 is 11.6 Å². The first-order valence-electron chi connectivity index (χ1n) is 6.02. The van der Waals surface area contributed by atoms with Gasteiger partial charge in [-0.05, 0) is 24.5 Å². The van der Waals surface area contributed by atoms with Crippen LogP contribution in [0.1, 0.15) is 39.4 Å². The summed E-state index contributed by atoms with van der Waals surface area (Å²) in [4.78, 5) is 0. The Kier molecular flexibility index (Phi) is 5.14. The summed E-state index contributed by atoms with van der Waals surface area (Å²) in [7, 11) is 0. The highest BCUT2D eigenvalue weighted by Crippen LogP contribution is 2.34. The topological polar surface area (TPSA) is 29.5 Å². The molecule has 2 nitrogen and oxygen atoms in total. The first kappa shape index (κ1) is 15.4. The summed E-state index contributed by atoms with van der Waals surface area (Å²) in [6, 6.07) is 4.26. The van der Waals surface area contributed by atoms with Crippen molar-refractivity contribution in [1.82, 2.24) is 0 Å². The van der Waals surface area contributed by atoms with Crippen LogP contribution in [0.25, 0.3) is 0 Å². The Labute approximate surface area is 113 Å². The van der Waals surface area contributed by atoms with Crippen LogP contribution < -0.4 is 0 Å². The van der Waals surface area contributed by atoms with Crippen molar-refractivity contribution in [1.29, 1.82) is 0 Å². The van der Waals surface area contributed by atoms with Crippen molar-refractivity contribution in [3.63, 3.8) is 0 Å². The van der Waals surface area contributed by atoms with E-state index in [4.69, 9.17) is 16.3 Å². The lowest BCUT2D eigenvalue weighted by Gasteiger charge is -2.34. The predicted molar refractivity (Wildman–Crippen MR) is 71.2 cm³/mol. The third kappa shape index (κ3) is 3.67. The highest BCUT2D eigenvalue weighted by molar-refractivity contribution is 6.30. The molecule has 0 radical (unpaired) electrons. The van der Waals surface area contributed by atoms with E-state index in [0.717, 1.165) is 0 Å². The third-order valence-electron chi connectivity index (χ3n) is 2.77. The summed E-state index contributed by atoms with van der Waals surface area (Å²) in [5.41, 5.74) is -0.0746. The van der Waals surface area contributed by atoms with Crippen LogP contribution in [0.15, 0.2) is 18.2 Å². The molecule has 0 fully saturated rings. The van der Waals surface area contributed by atoms with Crippen LogP contribution in [-0.4, -0.2) is 17.8 Å². The standard InChI is InChI=1S/C14H20ClFO2/c1-5-18-13(14(2,3)4)12(17)10-7-6-9(15)8-11(10)16/h6-8,12-13,17H,5H2,1-4H3. The van der Waals surface area contributed by atoms with Gasteiger partial charge in [-0.25, -0.2) is 4.39 Å². The normalized spacial score (nSPS) is 15.5. The predicted octanol–water partition coefficient (Wildman–Crippen LogP) is 3.96. The molecule has 0 bridgehead atoms. The zero-order valence-corrected chi connectivity index (χ0v) is 12.0. The summed E-state index contributed by atoms with van der Waals surface area (Å²) in [6.07, 6.45) is -1.49. The minimum atomic E-state index is -1.01. The molecule has 2 unspecified atom stereocenters. The van der Waals surface area contributed by atoms with E-state index in [9.17, 15) is 9.50 Å². The summed E-state index contributed by atoms with van der Waals surface area (Å²) in [5.74, 6) is -0.510. The van der Waals surface area contributed by atoms with Gasteiger partial charge in [-0.15, -0.1) is 0 Å². The quantitative estimate of drug-likeness (QED) is 0.900. The van der Waals surface area contributed by atoms with Crippen LogP contribution in [0, 0.1) is 11.2 Å². The average Bonchev–Trinajstić information content (AvgIpc) is 2.23. The molecule has 0 aromatic heterocycles. The van der Waals surface area contributed by atoms with E-state index >= 15 is 0 Å². The van der Waals surface area contributed by atoms with Gasteiger partial charge in [-0.1, -0.05) is 38.4 Å². The summed E-state index contributed by atoms with van der Waals surface area (Å²) in [6.45, 7) is 8.16. The average molecular weight is 275 g/mol. The maximum absolute atomic E-state index is 13.8. The Hall–Kier alpha value is -0.640. The zero-order chi connectivity index (χ0) is 13.9. The Morgan fingerprint density at radius 2 is 2.00 bits per heavy atom. The number of hydrogen-bond acceptors (Lipinski definition) is 2. The number of halogens is 2. The van der Waals surface area contributed by atoms with E-state index in [1.165, 1.54) is 12.1 Å². The Morgan fingerprint density at radius 1 is 1.39 bits per heavy atom. The molecule has 0 aliphatic heterocycles. The second-order valence-corrected chi connectivity index (χ2v) is 5.79. The van der Waals surface area contributed by atoms with Gasteiger partial charge in [0.2, 0.25) is 0 Å². The van der Waals surface area contributed by atoms with Crippen molar-refractivity contribution in [2.24, 2.45) is 5.41 Å². The number of benzene rings is 1. The van der Waals surface area contributed by atoms with Crippen LogP contribution in [-0.2, 0) is 4.74 Å². The molecule has 0 spiro atoms. The molecule has 1 rings (SSSR count). The highest BCUT2D eigenvalue weighted by Gasteiger charge is 2.34. The van der Waals surface area contributed by atoms with Gasteiger partial charge in [-0.3, -0.25) is 0 Å². The van der Waals surface area contributed by atoms with Crippen molar-refractivity contribution in [3.8, 4) is 0 Å². The van der Waals surface area contributed by atoms with Crippen LogP contribution in [0.2, 0.25) is 5.02 Å². The Balaban J connectivity index is 3.05. The lowest BCUT2D eigenvalue weighted by molar-refractivity contribution is -0.0908. The maximum Gasteiger partial charge on any atom is 0.130 e. The number of hydrogen-bond donors (Lipinski definition) is 1. The molecule has 1 N–H and O–H groups in total. The maximum atomic E-state index is 13.8. The monoisotopic (exact) mass is 274 g/mol. The van der Waals surface area contributed by atoms with E-state index in [1.807, 2.05) is 27.7 Å². The van der Waals surface area contributed by atoms with Gasteiger partial charge in [0.25, 0.3) is 0 Å². The van der Waals surface area contributed by atoms with Crippen molar-refractivity contribution in [2.75, 3.05) is 6.61 Å². The third-order valence-corrected chi connectivity index (χ3v) is 3.00. The van der Waals surface area contributed by atoms with Gasteiger partial charge in [0.1, 0.15) is 11.9 Å². The molecule has 0 heterocycles. The van der Waals surface area contributed by atoms with Crippen LogP contribution in [0.4, 0.5) is 4.39 Å². The molecule has 0 amide bonds. The molecular weight excluding hydrogens is 255 g/mol. The smallest absolute Gasteiger partial charge is 0.130 e. The zero-order valence-electron chi connectivity index (χ0n) is 11.2. The molecule has 102 valence electrons. The second-order valence-electron chi connectivity index (χ2n) is 5.35. The molecule has 0 aliphatic rings. The minimum Gasteiger partial charge on any atom is -0.386 e. The Bertz CT molecular complexity index is 401. The lowest BCUT2D eigenvalue weighted by Crippen LogP contribution is -2.35. The first-order chi connectivity index (χ1) is 8.27. The fourth-order valence-electron chi connectivity index (χ4n) is 1.90. The van der Waals surface area contributed by atoms with E-state index in [1.54, 1.807) is 6.07 Å². The SMILES string of the molecule is CCOC(C(O)c1ccc(Cl)cc1F)C(C)(C)C. The van der Waals surface area contributed by atoms with Crippen LogP contribution in [0.5, 0.6) is 0 Å². The summed E-state index contributed by atoms with van der Waals surface area (Å²) in [5, 5.41) is 10.6. The molecule has 18 heavy (non-hydrogen) atoms. The van der Waals surface area contributed by atoms with Gasteiger partial charge >= 0.3 is 0 Å². The largest absolute Gasteiger partial charge is 0.386 e. The van der Waals surface area contributed by atoms with E-state index in [0.29, 0.717) is 11.6 Å².